The van der Waals surface area contributed by atoms with E-state index in [0.717, 1.165) is 11.6 Å². The predicted molar refractivity (Wildman–Crippen MR) is 70.0 cm³/mol. The van der Waals surface area contributed by atoms with Gasteiger partial charge < -0.3 is 0 Å². The molecule has 0 spiro atoms. The molecule has 1 atom stereocenters. The summed E-state index contributed by atoms with van der Waals surface area (Å²) in [7, 11) is 0. The van der Waals surface area contributed by atoms with E-state index in [1.807, 2.05) is 0 Å². The smallest absolute Gasteiger partial charge is 0.141 e. The standard InChI is InChI=1S/C14H22FN3/c1-2-10-3-5-11(6-4-10)14(18-16)13-8-7-12(15)9-17-13/h7-11,14,18H,2-6,16H2,1H3. The van der Waals surface area contributed by atoms with E-state index in [0.29, 0.717) is 5.92 Å². The molecule has 0 radical (unpaired) electrons. The van der Waals surface area contributed by atoms with E-state index in [4.69, 9.17) is 5.84 Å². The van der Waals surface area contributed by atoms with Crippen molar-refractivity contribution in [2.24, 2.45) is 17.7 Å². The van der Waals surface area contributed by atoms with E-state index >= 15 is 0 Å². The van der Waals surface area contributed by atoms with Crippen molar-refractivity contribution in [2.75, 3.05) is 0 Å². The monoisotopic (exact) mass is 251 g/mol. The summed E-state index contributed by atoms with van der Waals surface area (Å²) in [5.41, 5.74) is 3.70. The van der Waals surface area contributed by atoms with Crippen LogP contribution in [0.25, 0.3) is 0 Å². The second-order valence-corrected chi connectivity index (χ2v) is 5.23. The highest BCUT2D eigenvalue weighted by atomic mass is 19.1. The van der Waals surface area contributed by atoms with E-state index in [1.165, 1.54) is 44.4 Å². The Balaban J connectivity index is 2.03. The van der Waals surface area contributed by atoms with Crippen LogP contribution in [0.4, 0.5) is 4.39 Å². The molecule has 1 aromatic heterocycles. The molecule has 4 heteroatoms. The molecule has 1 fully saturated rings. The quantitative estimate of drug-likeness (QED) is 0.639. The van der Waals surface area contributed by atoms with E-state index < -0.39 is 0 Å². The molecule has 0 bridgehead atoms. The van der Waals surface area contributed by atoms with Gasteiger partial charge in [0.25, 0.3) is 0 Å². The highest BCUT2D eigenvalue weighted by Gasteiger charge is 2.28. The normalized spacial score (nSPS) is 25.9. The molecule has 1 heterocycles. The lowest BCUT2D eigenvalue weighted by molar-refractivity contribution is 0.217. The number of halogens is 1. The van der Waals surface area contributed by atoms with Gasteiger partial charge in [-0.2, -0.15) is 0 Å². The van der Waals surface area contributed by atoms with Crippen LogP contribution < -0.4 is 11.3 Å². The second-order valence-electron chi connectivity index (χ2n) is 5.23. The number of nitrogens with zero attached hydrogens (tertiary/aromatic N) is 1. The second kappa shape index (κ2) is 6.25. The fourth-order valence-electron chi connectivity index (χ4n) is 2.96. The maximum Gasteiger partial charge on any atom is 0.141 e. The Morgan fingerprint density at radius 2 is 2.11 bits per heavy atom. The molecule has 1 saturated carbocycles. The molecule has 3 N–H and O–H groups in total. The Morgan fingerprint density at radius 3 is 2.61 bits per heavy atom. The first-order valence-corrected chi connectivity index (χ1v) is 6.82. The van der Waals surface area contributed by atoms with Crippen molar-refractivity contribution in [3.05, 3.63) is 29.8 Å². The molecule has 0 amide bonds. The Morgan fingerprint density at radius 1 is 1.39 bits per heavy atom. The number of hydrogen-bond donors (Lipinski definition) is 2. The van der Waals surface area contributed by atoms with Crippen molar-refractivity contribution in [3.63, 3.8) is 0 Å². The summed E-state index contributed by atoms with van der Waals surface area (Å²) in [6.45, 7) is 2.26. The first-order chi connectivity index (χ1) is 8.74. The molecule has 2 rings (SSSR count). The number of pyridine rings is 1. The van der Waals surface area contributed by atoms with Crippen molar-refractivity contribution in [2.45, 2.75) is 45.1 Å². The van der Waals surface area contributed by atoms with Crippen molar-refractivity contribution >= 4 is 0 Å². The number of nitrogens with two attached hydrogens (primary N) is 1. The summed E-state index contributed by atoms with van der Waals surface area (Å²) in [5.74, 6) is 6.73. The summed E-state index contributed by atoms with van der Waals surface area (Å²) in [6.07, 6.45) is 7.40. The van der Waals surface area contributed by atoms with E-state index in [1.54, 1.807) is 6.07 Å². The minimum Gasteiger partial charge on any atom is -0.271 e. The van der Waals surface area contributed by atoms with Gasteiger partial charge in [-0.25, -0.2) is 4.39 Å². The van der Waals surface area contributed by atoms with Crippen molar-refractivity contribution in [1.82, 2.24) is 10.4 Å². The molecule has 1 unspecified atom stereocenters. The van der Waals surface area contributed by atoms with Gasteiger partial charge in [0.1, 0.15) is 5.82 Å². The molecule has 1 aliphatic rings. The van der Waals surface area contributed by atoms with Gasteiger partial charge in [0.15, 0.2) is 0 Å². The molecule has 1 aromatic rings. The third-order valence-electron chi connectivity index (χ3n) is 4.19. The van der Waals surface area contributed by atoms with E-state index in [2.05, 4.69) is 17.3 Å². The zero-order chi connectivity index (χ0) is 13.0. The van der Waals surface area contributed by atoms with Crippen LogP contribution in [-0.2, 0) is 0 Å². The van der Waals surface area contributed by atoms with Crippen LogP contribution in [0, 0.1) is 17.7 Å². The highest BCUT2D eigenvalue weighted by molar-refractivity contribution is 5.11. The van der Waals surface area contributed by atoms with Gasteiger partial charge in [-0.3, -0.25) is 16.3 Å². The molecule has 100 valence electrons. The summed E-state index contributed by atoms with van der Waals surface area (Å²) in [4.78, 5) is 4.15. The third kappa shape index (κ3) is 3.06. The van der Waals surface area contributed by atoms with Gasteiger partial charge in [0.2, 0.25) is 0 Å². The molecule has 1 aliphatic carbocycles. The molecular weight excluding hydrogens is 229 g/mol. The number of hydrazine groups is 1. The van der Waals surface area contributed by atoms with Crippen LogP contribution in [0.3, 0.4) is 0 Å². The number of hydrogen-bond acceptors (Lipinski definition) is 3. The van der Waals surface area contributed by atoms with E-state index in [-0.39, 0.29) is 11.9 Å². The van der Waals surface area contributed by atoms with Crippen molar-refractivity contribution < 1.29 is 4.39 Å². The van der Waals surface area contributed by atoms with Gasteiger partial charge in [-0.05, 0) is 36.8 Å². The van der Waals surface area contributed by atoms with Crippen LogP contribution in [0.2, 0.25) is 0 Å². The molecule has 3 nitrogen and oxygen atoms in total. The van der Waals surface area contributed by atoms with Gasteiger partial charge in [0, 0.05) is 0 Å². The number of aromatic nitrogens is 1. The van der Waals surface area contributed by atoms with Crippen molar-refractivity contribution in [3.8, 4) is 0 Å². The Labute approximate surface area is 108 Å². The average Bonchev–Trinajstić information content (AvgIpc) is 2.42. The van der Waals surface area contributed by atoms with Gasteiger partial charge >= 0.3 is 0 Å². The van der Waals surface area contributed by atoms with Gasteiger partial charge in [0.05, 0.1) is 17.9 Å². The Hall–Kier alpha value is -1.00. The van der Waals surface area contributed by atoms with Gasteiger partial charge in [-0.1, -0.05) is 26.2 Å². The molecule has 0 saturated heterocycles. The van der Waals surface area contributed by atoms with Crippen LogP contribution in [0.1, 0.15) is 50.8 Å². The first-order valence-electron chi connectivity index (χ1n) is 6.82. The minimum absolute atomic E-state index is 0.0448. The van der Waals surface area contributed by atoms with E-state index in [9.17, 15) is 4.39 Å². The van der Waals surface area contributed by atoms with Crippen LogP contribution in [0.15, 0.2) is 18.3 Å². The summed E-state index contributed by atoms with van der Waals surface area (Å²) in [6, 6.07) is 3.22. The predicted octanol–water partition coefficient (Wildman–Crippen LogP) is 2.94. The first kappa shape index (κ1) is 13.4. The van der Waals surface area contributed by atoms with Crippen LogP contribution in [0.5, 0.6) is 0 Å². The average molecular weight is 251 g/mol. The van der Waals surface area contributed by atoms with Crippen LogP contribution >= 0.6 is 0 Å². The van der Waals surface area contributed by atoms with Crippen molar-refractivity contribution in [1.29, 1.82) is 0 Å². The highest BCUT2D eigenvalue weighted by Crippen LogP contribution is 2.37. The minimum atomic E-state index is -0.302. The fraction of sp³-hybridized carbons (Fsp3) is 0.643. The van der Waals surface area contributed by atoms with Crippen LogP contribution in [-0.4, -0.2) is 4.98 Å². The molecular formula is C14H22FN3. The molecule has 18 heavy (non-hydrogen) atoms. The lowest BCUT2D eigenvalue weighted by atomic mass is 9.77. The summed E-state index contributed by atoms with van der Waals surface area (Å²) >= 11 is 0. The zero-order valence-electron chi connectivity index (χ0n) is 10.9. The Kier molecular flexibility index (Phi) is 4.66. The Bertz CT molecular complexity index is 358. The molecule has 0 aromatic carbocycles. The third-order valence-corrected chi connectivity index (χ3v) is 4.19. The lowest BCUT2D eigenvalue weighted by Gasteiger charge is -2.33. The largest absolute Gasteiger partial charge is 0.271 e. The topological polar surface area (TPSA) is 50.9 Å². The SMILES string of the molecule is CCC1CCC(C(NN)c2ccc(F)cn2)CC1. The number of nitrogens with one attached hydrogen (secondary N) is 1. The zero-order valence-corrected chi connectivity index (χ0v) is 10.9. The summed E-state index contributed by atoms with van der Waals surface area (Å²) in [5, 5.41) is 0. The summed E-state index contributed by atoms with van der Waals surface area (Å²) < 4.78 is 12.9. The lowest BCUT2D eigenvalue weighted by Crippen LogP contribution is -2.35. The maximum atomic E-state index is 12.9. The van der Waals surface area contributed by atoms with Gasteiger partial charge in [-0.15, -0.1) is 0 Å². The number of rotatable bonds is 4. The maximum absolute atomic E-state index is 12.9. The molecule has 0 aliphatic heterocycles. The fourth-order valence-corrected chi connectivity index (χ4v) is 2.96.